The number of nitrogens with one attached hydrogen (secondary N) is 5. The Morgan fingerprint density at radius 1 is 1.18 bits per heavy atom. The molecular weight excluding hydrogens is 587 g/mol. The van der Waals surface area contributed by atoms with E-state index < -0.39 is 5.82 Å². The van der Waals surface area contributed by atoms with E-state index in [0.717, 1.165) is 26.1 Å². The number of hydrogen-bond acceptors (Lipinski definition) is 10. The number of hydrogen-bond donors (Lipinski definition) is 5. The first-order valence-corrected chi connectivity index (χ1v) is 15.2. The Morgan fingerprint density at radius 3 is 2.68 bits per heavy atom. The summed E-state index contributed by atoms with van der Waals surface area (Å²) >= 11 is 6.20. The number of methoxy groups -OCH3 is 1. The average molecular weight is 631 g/mol. The quantitative estimate of drug-likeness (QED) is 0.164. The van der Waals surface area contributed by atoms with Crippen molar-refractivity contribution in [2.45, 2.75) is 33.1 Å². The van der Waals surface area contributed by atoms with Crippen molar-refractivity contribution in [3.8, 4) is 0 Å². The van der Waals surface area contributed by atoms with Crippen LogP contribution >= 0.6 is 11.6 Å². The van der Waals surface area contributed by atoms with Crippen LogP contribution in [0, 0.1) is 11.7 Å². The minimum Gasteiger partial charge on any atom is -0.469 e. The van der Waals surface area contributed by atoms with E-state index in [4.69, 9.17) is 16.3 Å². The van der Waals surface area contributed by atoms with Crippen LogP contribution in [0.25, 0.3) is 5.70 Å². The second-order valence-electron chi connectivity index (χ2n) is 10.4. The van der Waals surface area contributed by atoms with Gasteiger partial charge in [-0.2, -0.15) is 0 Å². The smallest absolute Gasteiger partial charge is 0.310 e. The minimum atomic E-state index is -0.431. The third kappa shape index (κ3) is 10.1. The van der Waals surface area contributed by atoms with Crippen molar-refractivity contribution in [2.75, 3.05) is 64.6 Å². The van der Waals surface area contributed by atoms with E-state index in [1.165, 1.54) is 19.2 Å². The summed E-state index contributed by atoms with van der Waals surface area (Å²) in [5, 5.41) is 14.7. The summed E-state index contributed by atoms with van der Waals surface area (Å²) in [6.45, 7) is 7.64. The van der Waals surface area contributed by atoms with Gasteiger partial charge in [0.2, 0.25) is 5.91 Å². The molecular formula is C31H44ClFN8O3. The van der Waals surface area contributed by atoms with Crippen LogP contribution in [0.15, 0.2) is 54.1 Å². The first-order chi connectivity index (χ1) is 21.2. The van der Waals surface area contributed by atoms with Gasteiger partial charge < -0.3 is 30.9 Å². The summed E-state index contributed by atoms with van der Waals surface area (Å²) in [5.74, 6) is -0.290. The van der Waals surface area contributed by atoms with E-state index in [2.05, 4.69) is 43.5 Å². The lowest BCUT2D eigenvalue weighted by Crippen LogP contribution is -2.44. The third-order valence-corrected chi connectivity index (χ3v) is 7.36. The molecule has 1 unspecified atom stereocenters. The molecule has 0 saturated heterocycles. The predicted octanol–water partition coefficient (Wildman–Crippen LogP) is 4.00. The van der Waals surface area contributed by atoms with Gasteiger partial charge in [-0.3, -0.25) is 20.0 Å². The fourth-order valence-electron chi connectivity index (χ4n) is 4.68. The molecule has 44 heavy (non-hydrogen) atoms. The van der Waals surface area contributed by atoms with Crippen LogP contribution in [0.4, 0.5) is 15.9 Å². The zero-order valence-electron chi connectivity index (χ0n) is 26.1. The first-order valence-electron chi connectivity index (χ1n) is 14.8. The second-order valence-corrected chi connectivity index (χ2v) is 10.9. The molecule has 0 aliphatic carbocycles. The fraction of sp³-hybridized carbons (Fsp3) is 0.452. The molecule has 11 nitrogen and oxygen atoms in total. The van der Waals surface area contributed by atoms with Gasteiger partial charge in [0.15, 0.2) is 0 Å². The average Bonchev–Trinajstić information content (AvgIpc) is 3.01. The molecule has 1 aliphatic heterocycles. The zero-order valence-corrected chi connectivity index (χ0v) is 26.9. The molecule has 2 heterocycles. The van der Waals surface area contributed by atoms with Gasteiger partial charge in [-0.25, -0.2) is 9.37 Å². The Kier molecular flexibility index (Phi) is 13.7. The van der Waals surface area contributed by atoms with Crippen LogP contribution in [0.3, 0.4) is 0 Å². The van der Waals surface area contributed by atoms with Gasteiger partial charge in [-0.05, 0) is 56.8 Å². The number of amides is 1. The van der Waals surface area contributed by atoms with Crippen LogP contribution in [0.2, 0.25) is 5.02 Å². The van der Waals surface area contributed by atoms with Crippen LogP contribution in [-0.2, 0) is 14.3 Å². The Hall–Kier alpha value is -3.87. The van der Waals surface area contributed by atoms with Gasteiger partial charge in [-0.15, -0.1) is 0 Å². The molecule has 1 aromatic carbocycles. The van der Waals surface area contributed by atoms with E-state index in [1.807, 2.05) is 14.0 Å². The maximum absolute atomic E-state index is 14.9. The van der Waals surface area contributed by atoms with Gasteiger partial charge in [0.1, 0.15) is 17.5 Å². The molecule has 0 spiro atoms. The van der Waals surface area contributed by atoms with Gasteiger partial charge in [0.25, 0.3) is 0 Å². The second kappa shape index (κ2) is 17.4. The Labute approximate surface area is 264 Å². The normalized spacial score (nSPS) is 13.7. The van der Waals surface area contributed by atoms with Crippen molar-refractivity contribution in [3.05, 3.63) is 70.5 Å². The molecule has 0 bridgehead atoms. The monoisotopic (exact) mass is 630 g/mol. The molecule has 1 amide bonds. The highest BCUT2D eigenvalue weighted by molar-refractivity contribution is 6.30. The summed E-state index contributed by atoms with van der Waals surface area (Å²) in [6, 6.07) is 7.85. The van der Waals surface area contributed by atoms with Crippen molar-refractivity contribution >= 4 is 40.7 Å². The molecule has 3 rings (SSSR count). The standard InChI is InChI=1S/C31H44ClFN8O3/c1-6-14-41(16-13-34-3)15-11-29(42)38-28-18-23(10-12-35-28)37-26-19-27(24-17-22(32)8-9-25(24)33)40(4)39-30(26)36-20-21(7-2)31(43)44-5/h8-10,12,17-19,21,34,36,39H,6-7,11,13-16,20H2,1-5H3,(H2,35,37,38,42). The summed E-state index contributed by atoms with van der Waals surface area (Å²) in [5.41, 5.74) is 5.27. The first kappa shape index (κ1) is 34.6. The van der Waals surface area contributed by atoms with E-state index >= 15 is 0 Å². The highest BCUT2D eigenvalue weighted by Gasteiger charge is 2.24. The number of nitrogens with zero attached hydrogens (tertiary/aromatic N) is 3. The number of likely N-dealkylation sites (N-methyl/N-ethyl adjacent to an activating group) is 1. The Morgan fingerprint density at radius 2 is 1.98 bits per heavy atom. The van der Waals surface area contributed by atoms with Crippen LogP contribution in [-0.4, -0.2) is 80.7 Å². The van der Waals surface area contributed by atoms with Crippen molar-refractivity contribution in [3.63, 3.8) is 0 Å². The molecule has 2 aromatic rings. The summed E-state index contributed by atoms with van der Waals surface area (Å²) in [7, 11) is 5.03. The number of allylic oxidation sites excluding steroid dienone is 1. The Bertz CT molecular complexity index is 1340. The number of anilines is 2. The maximum Gasteiger partial charge on any atom is 0.310 e. The lowest BCUT2D eigenvalue weighted by atomic mass is 10.1. The number of esters is 1. The molecule has 13 heteroatoms. The van der Waals surface area contributed by atoms with Crippen molar-refractivity contribution in [2.24, 2.45) is 5.92 Å². The van der Waals surface area contributed by atoms with Gasteiger partial charge in [-0.1, -0.05) is 25.4 Å². The van der Waals surface area contributed by atoms with Crippen molar-refractivity contribution in [1.29, 1.82) is 0 Å². The van der Waals surface area contributed by atoms with Crippen molar-refractivity contribution in [1.82, 2.24) is 31.0 Å². The zero-order chi connectivity index (χ0) is 32.1. The minimum absolute atomic E-state index is 0.130. The number of hydrazine groups is 1. The van der Waals surface area contributed by atoms with Crippen LogP contribution < -0.4 is 26.7 Å². The van der Waals surface area contributed by atoms with E-state index in [9.17, 15) is 14.0 Å². The molecule has 240 valence electrons. The molecule has 5 N–H and O–H groups in total. The number of pyridine rings is 1. The van der Waals surface area contributed by atoms with Crippen molar-refractivity contribution < 1.29 is 18.7 Å². The van der Waals surface area contributed by atoms with Crippen LogP contribution in [0.1, 0.15) is 38.7 Å². The van der Waals surface area contributed by atoms with E-state index in [1.54, 1.807) is 42.5 Å². The number of aromatic nitrogens is 1. The van der Waals surface area contributed by atoms with Crippen LogP contribution in [0.5, 0.6) is 0 Å². The highest BCUT2D eigenvalue weighted by Crippen LogP contribution is 2.29. The number of rotatable bonds is 17. The third-order valence-electron chi connectivity index (χ3n) is 7.13. The number of halogens is 2. The van der Waals surface area contributed by atoms with E-state index in [0.29, 0.717) is 65.2 Å². The molecule has 1 aliphatic rings. The number of ether oxygens (including phenoxy) is 1. The summed E-state index contributed by atoms with van der Waals surface area (Å²) in [4.78, 5) is 31.5. The van der Waals surface area contributed by atoms with Gasteiger partial charge in [0, 0.05) is 68.2 Å². The predicted molar refractivity (Wildman–Crippen MR) is 173 cm³/mol. The Balaban J connectivity index is 1.84. The lowest BCUT2D eigenvalue weighted by Gasteiger charge is -2.33. The maximum atomic E-state index is 14.9. The summed E-state index contributed by atoms with van der Waals surface area (Å²) < 4.78 is 19.8. The number of carbonyl (C=O) groups excluding carboxylic acids is 2. The molecule has 0 saturated carbocycles. The lowest BCUT2D eigenvalue weighted by molar-refractivity contribution is -0.145. The SMILES string of the molecule is CCCN(CCNC)CCC(=O)Nc1cc(NC2=C(NCC(CC)C(=O)OC)NN(C)C(c3cc(Cl)ccc3F)=C2)ccn1. The molecule has 1 atom stereocenters. The number of carbonyl (C=O) groups is 2. The largest absolute Gasteiger partial charge is 0.469 e. The topological polar surface area (TPSA) is 123 Å². The van der Waals surface area contributed by atoms with Gasteiger partial charge in [0.05, 0.1) is 24.4 Å². The molecule has 0 fully saturated rings. The van der Waals surface area contributed by atoms with E-state index in [-0.39, 0.29) is 17.8 Å². The molecule has 1 aromatic heterocycles. The molecule has 0 radical (unpaired) electrons. The number of benzene rings is 1. The van der Waals surface area contributed by atoms with Gasteiger partial charge >= 0.3 is 5.97 Å². The fourth-order valence-corrected chi connectivity index (χ4v) is 4.86. The highest BCUT2D eigenvalue weighted by atomic mass is 35.5. The summed E-state index contributed by atoms with van der Waals surface area (Å²) in [6.07, 6.45) is 5.31.